The molecule has 0 amide bonds. The Labute approximate surface area is 72.4 Å². The van der Waals surface area contributed by atoms with Crippen LogP contribution in [0.25, 0.3) is 5.76 Å². The topological polar surface area (TPSA) is 18.5 Å². The molecule has 0 unspecified atom stereocenters. The number of benzene rings is 1. The molecule has 0 aliphatic carbocycles. The first-order valence-corrected chi connectivity index (χ1v) is 3.71. The molecular weight excluding hydrogens is 152 g/mol. The van der Waals surface area contributed by atoms with Crippen molar-refractivity contribution in [3.05, 3.63) is 42.2 Å². The van der Waals surface area contributed by atoms with Gasteiger partial charge in [0.2, 0.25) is 0 Å². The third-order valence-corrected chi connectivity index (χ3v) is 1.50. The van der Waals surface area contributed by atoms with Crippen molar-refractivity contribution in [1.82, 2.24) is 0 Å². The van der Waals surface area contributed by atoms with Crippen LogP contribution in [0.3, 0.4) is 0 Å². The zero-order chi connectivity index (χ0) is 8.81. The van der Waals surface area contributed by atoms with Crippen LogP contribution in [0, 0.1) is 0 Å². The van der Waals surface area contributed by atoms with Gasteiger partial charge in [0, 0.05) is 5.56 Å². The number of methoxy groups -OCH3 is 2. The van der Waals surface area contributed by atoms with E-state index in [0.29, 0.717) is 0 Å². The van der Waals surface area contributed by atoms with Crippen molar-refractivity contribution in [2.75, 3.05) is 14.2 Å². The molecule has 0 fully saturated rings. The van der Waals surface area contributed by atoms with Gasteiger partial charge in [0.1, 0.15) is 6.26 Å². The van der Waals surface area contributed by atoms with Gasteiger partial charge in [-0.1, -0.05) is 30.3 Å². The number of rotatable bonds is 3. The largest absolute Gasteiger partial charge is 0.500 e. The molecule has 0 saturated carbocycles. The van der Waals surface area contributed by atoms with Gasteiger partial charge in [-0.25, -0.2) is 0 Å². The van der Waals surface area contributed by atoms with Gasteiger partial charge >= 0.3 is 0 Å². The van der Waals surface area contributed by atoms with Crippen LogP contribution in [0.4, 0.5) is 0 Å². The summed E-state index contributed by atoms with van der Waals surface area (Å²) in [6, 6.07) is 9.81. The van der Waals surface area contributed by atoms with E-state index in [9.17, 15) is 0 Å². The smallest absolute Gasteiger partial charge is 0.160 e. The maximum atomic E-state index is 5.11. The second kappa shape index (κ2) is 4.44. The summed E-state index contributed by atoms with van der Waals surface area (Å²) in [7, 11) is 3.22. The van der Waals surface area contributed by atoms with E-state index in [1.54, 1.807) is 20.5 Å². The Morgan fingerprint density at radius 1 is 1.17 bits per heavy atom. The maximum Gasteiger partial charge on any atom is 0.160 e. The predicted molar refractivity (Wildman–Crippen MR) is 48.4 cm³/mol. The minimum absolute atomic E-state index is 0.734. The van der Waals surface area contributed by atoms with E-state index in [1.807, 2.05) is 30.3 Å². The molecule has 0 N–H and O–H groups in total. The van der Waals surface area contributed by atoms with Crippen molar-refractivity contribution in [3.8, 4) is 0 Å². The minimum Gasteiger partial charge on any atom is -0.500 e. The average Bonchev–Trinajstić information content (AvgIpc) is 2.15. The van der Waals surface area contributed by atoms with Crippen LogP contribution in [0.15, 0.2) is 36.6 Å². The van der Waals surface area contributed by atoms with E-state index in [0.717, 1.165) is 11.3 Å². The first-order valence-electron chi connectivity index (χ1n) is 3.71. The summed E-state index contributed by atoms with van der Waals surface area (Å²) in [4.78, 5) is 0. The lowest BCUT2D eigenvalue weighted by atomic mass is 10.2. The Kier molecular flexibility index (Phi) is 3.20. The van der Waals surface area contributed by atoms with Crippen LogP contribution in [0.5, 0.6) is 0 Å². The van der Waals surface area contributed by atoms with E-state index < -0.39 is 0 Å². The third kappa shape index (κ3) is 2.02. The van der Waals surface area contributed by atoms with Gasteiger partial charge in [-0.2, -0.15) is 0 Å². The van der Waals surface area contributed by atoms with Crippen LogP contribution >= 0.6 is 0 Å². The molecule has 0 spiro atoms. The molecule has 0 radical (unpaired) electrons. The van der Waals surface area contributed by atoms with Gasteiger partial charge < -0.3 is 9.47 Å². The molecule has 12 heavy (non-hydrogen) atoms. The van der Waals surface area contributed by atoms with Crippen LogP contribution < -0.4 is 0 Å². The van der Waals surface area contributed by atoms with Crippen molar-refractivity contribution in [3.63, 3.8) is 0 Å². The van der Waals surface area contributed by atoms with Gasteiger partial charge in [0.25, 0.3) is 0 Å². The molecule has 2 heteroatoms. The van der Waals surface area contributed by atoms with E-state index in [4.69, 9.17) is 9.47 Å². The first-order chi connectivity index (χ1) is 5.88. The highest BCUT2D eigenvalue weighted by Crippen LogP contribution is 2.13. The van der Waals surface area contributed by atoms with E-state index in [2.05, 4.69) is 0 Å². The van der Waals surface area contributed by atoms with Crippen molar-refractivity contribution >= 4 is 5.76 Å². The fourth-order valence-electron chi connectivity index (χ4n) is 0.943. The SMILES string of the molecule is COC=C(OC)c1ccccc1. The van der Waals surface area contributed by atoms with Crippen molar-refractivity contribution in [2.24, 2.45) is 0 Å². The minimum atomic E-state index is 0.734. The lowest BCUT2D eigenvalue weighted by Crippen LogP contribution is -1.87. The van der Waals surface area contributed by atoms with E-state index >= 15 is 0 Å². The number of ether oxygens (including phenoxy) is 2. The number of hydrogen-bond acceptors (Lipinski definition) is 2. The first kappa shape index (κ1) is 8.65. The highest BCUT2D eigenvalue weighted by atomic mass is 16.5. The molecule has 0 aromatic heterocycles. The Hall–Kier alpha value is -1.44. The highest BCUT2D eigenvalue weighted by molar-refractivity contribution is 5.58. The second-order valence-corrected chi connectivity index (χ2v) is 2.29. The van der Waals surface area contributed by atoms with Crippen LogP contribution in [-0.4, -0.2) is 14.2 Å². The van der Waals surface area contributed by atoms with Crippen LogP contribution in [0.1, 0.15) is 5.56 Å². The molecule has 0 atom stereocenters. The molecular formula is C10H12O2. The number of hydrogen-bond donors (Lipinski definition) is 0. The fourth-order valence-corrected chi connectivity index (χ4v) is 0.943. The average molecular weight is 164 g/mol. The summed E-state index contributed by atoms with van der Waals surface area (Å²) in [5.41, 5.74) is 1.02. The summed E-state index contributed by atoms with van der Waals surface area (Å²) >= 11 is 0. The lowest BCUT2D eigenvalue weighted by Gasteiger charge is -2.04. The second-order valence-electron chi connectivity index (χ2n) is 2.29. The van der Waals surface area contributed by atoms with Gasteiger partial charge in [0.15, 0.2) is 5.76 Å². The standard InChI is InChI=1S/C10H12O2/c1-11-8-10(12-2)9-6-4-3-5-7-9/h3-8H,1-2H3. The fraction of sp³-hybridized carbons (Fsp3) is 0.200. The Bertz CT molecular complexity index is 252. The molecule has 1 aromatic rings. The van der Waals surface area contributed by atoms with Gasteiger partial charge in [0.05, 0.1) is 14.2 Å². The van der Waals surface area contributed by atoms with E-state index in [1.165, 1.54) is 0 Å². The maximum absolute atomic E-state index is 5.11. The third-order valence-electron chi connectivity index (χ3n) is 1.50. The van der Waals surface area contributed by atoms with Crippen molar-refractivity contribution in [1.29, 1.82) is 0 Å². The Morgan fingerprint density at radius 3 is 2.33 bits per heavy atom. The lowest BCUT2D eigenvalue weighted by molar-refractivity contribution is 0.304. The molecule has 64 valence electrons. The molecule has 0 saturated heterocycles. The molecule has 1 aromatic carbocycles. The summed E-state index contributed by atoms with van der Waals surface area (Å²) in [5, 5.41) is 0. The summed E-state index contributed by atoms with van der Waals surface area (Å²) < 4.78 is 9.98. The Balaban J connectivity index is 2.88. The molecule has 0 aliphatic rings. The monoisotopic (exact) mass is 164 g/mol. The highest BCUT2D eigenvalue weighted by Gasteiger charge is 1.98. The van der Waals surface area contributed by atoms with Crippen molar-refractivity contribution < 1.29 is 9.47 Å². The van der Waals surface area contributed by atoms with E-state index in [-0.39, 0.29) is 0 Å². The van der Waals surface area contributed by atoms with Crippen LogP contribution in [0.2, 0.25) is 0 Å². The quantitative estimate of drug-likeness (QED) is 0.638. The normalized spacial score (nSPS) is 11.0. The molecule has 0 aliphatic heterocycles. The van der Waals surface area contributed by atoms with Gasteiger partial charge in [-0.05, 0) is 0 Å². The molecule has 0 bridgehead atoms. The summed E-state index contributed by atoms with van der Waals surface area (Å²) in [6.07, 6.45) is 1.58. The molecule has 1 rings (SSSR count). The summed E-state index contributed by atoms with van der Waals surface area (Å²) in [5.74, 6) is 0.734. The van der Waals surface area contributed by atoms with Gasteiger partial charge in [-0.15, -0.1) is 0 Å². The molecule has 0 heterocycles. The predicted octanol–water partition coefficient (Wildman–Crippen LogP) is 2.28. The zero-order valence-corrected chi connectivity index (χ0v) is 7.28. The van der Waals surface area contributed by atoms with Crippen LogP contribution in [-0.2, 0) is 9.47 Å². The summed E-state index contributed by atoms with van der Waals surface area (Å²) in [6.45, 7) is 0. The Morgan fingerprint density at radius 2 is 1.83 bits per heavy atom. The molecule has 2 nitrogen and oxygen atoms in total. The van der Waals surface area contributed by atoms with Crippen molar-refractivity contribution in [2.45, 2.75) is 0 Å². The van der Waals surface area contributed by atoms with Gasteiger partial charge in [-0.3, -0.25) is 0 Å². The zero-order valence-electron chi connectivity index (χ0n) is 7.28.